The van der Waals surface area contributed by atoms with Crippen LogP contribution in [0.3, 0.4) is 0 Å². The van der Waals surface area contributed by atoms with Crippen molar-refractivity contribution >= 4 is 11.6 Å². The van der Waals surface area contributed by atoms with Crippen LogP contribution in [0.5, 0.6) is 5.75 Å². The average Bonchev–Trinajstić information content (AvgIpc) is 2.92. The number of benzene rings is 1. The molecule has 2 rings (SSSR count). The lowest BCUT2D eigenvalue weighted by molar-refractivity contribution is -0.121. The minimum absolute atomic E-state index is 0.0412. The van der Waals surface area contributed by atoms with E-state index in [1.165, 1.54) is 0 Å². The minimum Gasteiger partial charge on any atom is -0.493 e. The van der Waals surface area contributed by atoms with Crippen LogP contribution in [0.1, 0.15) is 12.2 Å². The quantitative estimate of drug-likeness (QED) is 0.757. The highest BCUT2D eigenvalue weighted by molar-refractivity contribution is 5.75. The fourth-order valence-corrected chi connectivity index (χ4v) is 1.73. The molecule has 5 nitrogen and oxygen atoms in total. The molecule has 0 aliphatic heterocycles. The van der Waals surface area contributed by atoms with Crippen molar-refractivity contribution in [3.05, 3.63) is 48.4 Å². The first-order chi connectivity index (χ1) is 9.74. The summed E-state index contributed by atoms with van der Waals surface area (Å²) in [5.41, 5.74) is 6.28. The van der Waals surface area contributed by atoms with Crippen molar-refractivity contribution in [2.24, 2.45) is 0 Å². The van der Waals surface area contributed by atoms with Gasteiger partial charge in [0.05, 0.1) is 19.3 Å². The number of ether oxygens (including phenoxy) is 1. The lowest BCUT2D eigenvalue weighted by atomic mass is 10.3. The van der Waals surface area contributed by atoms with E-state index in [2.05, 4.69) is 5.32 Å². The van der Waals surface area contributed by atoms with E-state index in [1.54, 1.807) is 18.4 Å². The Labute approximate surface area is 117 Å². The summed E-state index contributed by atoms with van der Waals surface area (Å²) in [5, 5.41) is 2.81. The lowest BCUT2D eigenvalue weighted by Crippen LogP contribution is -2.26. The monoisotopic (exact) mass is 274 g/mol. The van der Waals surface area contributed by atoms with Crippen LogP contribution in [0.15, 0.2) is 47.1 Å². The Kier molecular flexibility index (Phi) is 5.06. The zero-order chi connectivity index (χ0) is 14.2. The molecule has 0 aliphatic rings. The summed E-state index contributed by atoms with van der Waals surface area (Å²) in [6.45, 7) is 0.890. The van der Waals surface area contributed by atoms with Crippen LogP contribution >= 0.6 is 0 Å². The summed E-state index contributed by atoms with van der Waals surface area (Å²) in [5.74, 6) is 1.50. The highest BCUT2D eigenvalue weighted by Gasteiger charge is 2.03. The van der Waals surface area contributed by atoms with E-state index >= 15 is 0 Å². The molecule has 106 valence electrons. The predicted octanol–water partition coefficient (Wildman–Crippen LogP) is 1.99. The van der Waals surface area contributed by atoms with Crippen molar-refractivity contribution in [1.29, 1.82) is 0 Å². The van der Waals surface area contributed by atoms with Crippen LogP contribution in [-0.2, 0) is 11.2 Å². The van der Waals surface area contributed by atoms with Crippen molar-refractivity contribution in [1.82, 2.24) is 5.32 Å². The zero-order valence-corrected chi connectivity index (χ0v) is 11.2. The summed E-state index contributed by atoms with van der Waals surface area (Å²) in [6.07, 6.45) is 2.62. The molecule has 5 heteroatoms. The van der Waals surface area contributed by atoms with E-state index in [4.69, 9.17) is 14.9 Å². The van der Waals surface area contributed by atoms with Gasteiger partial charge in [-0.1, -0.05) is 6.07 Å². The van der Waals surface area contributed by atoms with Crippen LogP contribution in [0, 0.1) is 0 Å². The van der Waals surface area contributed by atoms with Gasteiger partial charge in [0.25, 0.3) is 0 Å². The molecule has 1 aromatic heterocycles. The summed E-state index contributed by atoms with van der Waals surface area (Å²) >= 11 is 0. The van der Waals surface area contributed by atoms with Gasteiger partial charge in [0.1, 0.15) is 11.5 Å². The van der Waals surface area contributed by atoms with Gasteiger partial charge in [0.15, 0.2) is 0 Å². The Morgan fingerprint density at radius 1 is 1.30 bits per heavy atom. The molecule has 1 amide bonds. The zero-order valence-electron chi connectivity index (χ0n) is 11.2. The highest BCUT2D eigenvalue weighted by Crippen LogP contribution is 2.14. The molecule has 0 fully saturated rings. The number of hydrogen-bond acceptors (Lipinski definition) is 4. The van der Waals surface area contributed by atoms with Gasteiger partial charge in [-0.15, -0.1) is 0 Å². The molecule has 1 aromatic carbocycles. The SMILES string of the molecule is Nc1cccc(OCCC(=O)NCCc2ccco2)c1. The van der Waals surface area contributed by atoms with Gasteiger partial charge in [-0.25, -0.2) is 0 Å². The van der Waals surface area contributed by atoms with Gasteiger partial charge in [0, 0.05) is 24.7 Å². The third kappa shape index (κ3) is 4.68. The first kappa shape index (κ1) is 14.0. The highest BCUT2D eigenvalue weighted by atomic mass is 16.5. The molecular formula is C15H18N2O3. The average molecular weight is 274 g/mol. The van der Waals surface area contributed by atoms with Gasteiger partial charge in [0.2, 0.25) is 5.91 Å². The van der Waals surface area contributed by atoms with Gasteiger partial charge in [-0.2, -0.15) is 0 Å². The molecular weight excluding hydrogens is 256 g/mol. The fraction of sp³-hybridized carbons (Fsp3) is 0.267. The topological polar surface area (TPSA) is 77.5 Å². The first-order valence-electron chi connectivity index (χ1n) is 6.51. The van der Waals surface area contributed by atoms with Crippen molar-refractivity contribution in [3.63, 3.8) is 0 Å². The summed E-state index contributed by atoms with van der Waals surface area (Å²) in [4.78, 5) is 11.6. The second kappa shape index (κ2) is 7.23. The Bertz CT molecular complexity index is 538. The Balaban J connectivity index is 1.60. The largest absolute Gasteiger partial charge is 0.493 e. The first-order valence-corrected chi connectivity index (χ1v) is 6.51. The third-order valence-electron chi connectivity index (χ3n) is 2.73. The van der Waals surface area contributed by atoms with Gasteiger partial charge in [-0.05, 0) is 24.3 Å². The fourth-order valence-electron chi connectivity index (χ4n) is 1.73. The van der Waals surface area contributed by atoms with Crippen LogP contribution in [-0.4, -0.2) is 19.1 Å². The number of nitrogens with one attached hydrogen (secondary N) is 1. The number of furan rings is 1. The van der Waals surface area contributed by atoms with Gasteiger partial charge >= 0.3 is 0 Å². The van der Waals surface area contributed by atoms with Crippen molar-refractivity contribution in [2.45, 2.75) is 12.8 Å². The van der Waals surface area contributed by atoms with E-state index < -0.39 is 0 Å². The maximum atomic E-state index is 11.6. The van der Waals surface area contributed by atoms with Crippen LogP contribution in [0.25, 0.3) is 0 Å². The number of anilines is 1. The second-order valence-electron chi connectivity index (χ2n) is 4.35. The smallest absolute Gasteiger partial charge is 0.223 e. The Hall–Kier alpha value is -2.43. The molecule has 1 heterocycles. The number of hydrogen-bond donors (Lipinski definition) is 2. The van der Waals surface area contributed by atoms with Gasteiger partial charge in [-0.3, -0.25) is 4.79 Å². The summed E-state index contributed by atoms with van der Waals surface area (Å²) in [6, 6.07) is 10.9. The van der Waals surface area contributed by atoms with Crippen molar-refractivity contribution in [3.8, 4) is 5.75 Å². The molecule has 0 bridgehead atoms. The molecule has 20 heavy (non-hydrogen) atoms. The van der Waals surface area contributed by atoms with E-state index in [0.717, 1.165) is 5.76 Å². The number of amides is 1. The van der Waals surface area contributed by atoms with Crippen LogP contribution in [0.4, 0.5) is 5.69 Å². The van der Waals surface area contributed by atoms with E-state index in [0.29, 0.717) is 37.4 Å². The maximum Gasteiger partial charge on any atom is 0.223 e. The van der Waals surface area contributed by atoms with E-state index in [1.807, 2.05) is 24.3 Å². The lowest BCUT2D eigenvalue weighted by Gasteiger charge is -2.07. The molecule has 0 unspecified atom stereocenters. The molecule has 0 saturated heterocycles. The summed E-state index contributed by atoms with van der Waals surface area (Å²) < 4.78 is 10.6. The molecule has 0 aliphatic carbocycles. The molecule has 3 N–H and O–H groups in total. The van der Waals surface area contributed by atoms with Crippen LogP contribution in [0.2, 0.25) is 0 Å². The normalized spacial score (nSPS) is 10.2. The molecule has 0 saturated carbocycles. The number of carbonyl (C=O) groups is 1. The van der Waals surface area contributed by atoms with Gasteiger partial charge < -0.3 is 20.2 Å². The number of carbonyl (C=O) groups excluding carboxylic acids is 1. The molecule has 0 atom stereocenters. The van der Waals surface area contributed by atoms with Crippen molar-refractivity contribution < 1.29 is 13.9 Å². The Morgan fingerprint density at radius 3 is 2.95 bits per heavy atom. The molecule has 0 spiro atoms. The number of nitrogens with two attached hydrogens (primary N) is 1. The number of nitrogen functional groups attached to an aromatic ring is 1. The second-order valence-corrected chi connectivity index (χ2v) is 4.35. The third-order valence-corrected chi connectivity index (χ3v) is 2.73. The van der Waals surface area contributed by atoms with Crippen molar-refractivity contribution in [2.75, 3.05) is 18.9 Å². The standard InChI is InChI=1S/C15H18N2O3/c16-12-3-1-4-14(11-12)20-10-7-15(18)17-8-6-13-5-2-9-19-13/h1-5,9,11H,6-8,10,16H2,(H,17,18). The minimum atomic E-state index is -0.0412. The molecule has 2 aromatic rings. The van der Waals surface area contributed by atoms with E-state index in [9.17, 15) is 4.79 Å². The number of rotatable bonds is 7. The predicted molar refractivity (Wildman–Crippen MR) is 76.4 cm³/mol. The Morgan fingerprint density at radius 2 is 2.20 bits per heavy atom. The summed E-state index contributed by atoms with van der Waals surface area (Å²) in [7, 11) is 0. The van der Waals surface area contributed by atoms with E-state index in [-0.39, 0.29) is 5.91 Å². The molecule has 0 radical (unpaired) electrons. The van der Waals surface area contributed by atoms with Crippen LogP contribution < -0.4 is 15.8 Å². The maximum absolute atomic E-state index is 11.6.